The predicted molar refractivity (Wildman–Crippen MR) is 124 cm³/mol. The molecule has 1 saturated heterocycles. The van der Waals surface area contributed by atoms with Crippen LogP contribution in [-0.4, -0.2) is 34.2 Å². The first-order valence-electron chi connectivity index (χ1n) is 10.1. The van der Waals surface area contributed by atoms with E-state index in [9.17, 15) is 0 Å². The molecule has 1 aromatic carbocycles. The maximum absolute atomic E-state index is 5.99. The highest BCUT2D eigenvalue weighted by Crippen LogP contribution is 2.26. The number of nitrogens with zero attached hydrogens (tertiary/aromatic N) is 3. The molecule has 1 aliphatic heterocycles. The molecule has 0 spiro atoms. The molecule has 1 aliphatic rings. The van der Waals surface area contributed by atoms with E-state index in [-0.39, 0.29) is 0 Å². The fourth-order valence-corrected chi connectivity index (χ4v) is 3.71. The molecule has 154 valence electrons. The Morgan fingerprint density at radius 2 is 1.87 bits per heavy atom. The van der Waals surface area contributed by atoms with Crippen LogP contribution in [0, 0.1) is 6.92 Å². The Kier molecular flexibility index (Phi) is 6.39. The Hall–Kier alpha value is -3.19. The van der Waals surface area contributed by atoms with Crippen molar-refractivity contribution in [3.63, 3.8) is 0 Å². The number of aromatic nitrogens is 2. The summed E-state index contributed by atoms with van der Waals surface area (Å²) >= 11 is 5.43. The first kappa shape index (κ1) is 20.1. The zero-order valence-corrected chi connectivity index (χ0v) is 17.7. The molecule has 7 heteroatoms. The maximum atomic E-state index is 5.99. The van der Waals surface area contributed by atoms with Gasteiger partial charge in [0.25, 0.3) is 0 Å². The maximum Gasteiger partial charge on any atom is 0.171 e. The highest BCUT2D eigenvalue weighted by Gasteiger charge is 2.21. The average molecular weight is 420 g/mol. The Labute approximate surface area is 182 Å². The van der Waals surface area contributed by atoms with Crippen molar-refractivity contribution in [1.29, 1.82) is 0 Å². The number of benzene rings is 1. The van der Waals surface area contributed by atoms with Gasteiger partial charge in [0.05, 0.1) is 11.9 Å². The van der Waals surface area contributed by atoms with Crippen LogP contribution in [0.1, 0.15) is 18.4 Å². The van der Waals surface area contributed by atoms with E-state index in [2.05, 4.69) is 32.4 Å². The van der Waals surface area contributed by atoms with E-state index >= 15 is 0 Å². The number of hydrogen-bond donors (Lipinski definition) is 2. The monoisotopic (exact) mass is 419 g/mol. The van der Waals surface area contributed by atoms with Crippen LogP contribution < -0.4 is 20.3 Å². The summed E-state index contributed by atoms with van der Waals surface area (Å²) in [7, 11) is 0. The van der Waals surface area contributed by atoms with E-state index in [4.69, 9.17) is 17.0 Å². The lowest BCUT2D eigenvalue weighted by Gasteiger charge is -2.33. The van der Waals surface area contributed by atoms with Gasteiger partial charge in [-0.15, -0.1) is 0 Å². The van der Waals surface area contributed by atoms with Gasteiger partial charge >= 0.3 is 0 Å². The van der Waals surface area contributed by atoms with Crippen LogP contribution in [0.2, 0.25) is 0 Å². The summed E-state index contributed by atoms with van der Waals surface area (Å²) in [6, 6.07) is 16.1. The number of pyridine rings is 2. The lowest BCUT2D eigenvalue weighted by Crippen LogP contribution is -2.46. The number of aryl methyl sites for hydroxylation is 1. The Balaban J connectivity index is 1.29. The Bertz CT molecular complexity index is 972. The highest BCUT2D eigenvalue weighted by molar-refractivity contribution is 7.80. The molecule has 1 fully saturated rings. The van der Waals surface area contributed by atoms with Gasteiger partial charge in [0, 0.05) is 37.6 Å². The van der Waals surface area contributed by atoms with Crippen LogP contribution >= 0.6 is 12.2 Å². The molecule has 0 radical (unpaired) electrons. The van der Waals surface area contributed by atoms with Crippen molar-refractivity contribution in [3.8, 4) is 11.5 Å². The Morgan fingerprint density at radius 1 is 1.07 bits per heavy atom. The Morgan fingerprint density at radius 3 is 2.60 bits per heavy atom. The van der Waals surface area contributed by atoms with Gasteiger partial charge in [-0.05, 0) is 62.3 Å². The second-order valence-electron chi connectivity index (χ2n) is 7.37. The molecule has 0 aliphatic carbocycles. The fraction of sp³-hybridized carbons (Fsp3) is 0.261. The predicted octanol–water partition coefficient (Wildman–Crippen LogP) is 4.53. The minimum atomic E-state index is 0.338. The third kappa shape index (κ3) is 5.45. The van der Waals surface area contributed by atoms with Gasteiger partial charge in [0.15, 0.2) is 5.11 Å². The molecule has 30 heavy (non-hydrogen) atoms. The summed E-state index contributed by atoms with van der Waals surface area (Å²) in [6.45, 7) is 3.89. The molecule has 0 amide bonds. The smallest absolute Gasteiger partial charge is 0.171 e. The highest BCUT2D eigenvalue weighted by atomic mass is 32.1. The van der Waals surface area contributed by atoms with E-state index in [0.717, 1.165) is 48.9 Å². The number of rotatable bonds is 5. The summed E-state index contributed by atoms with van der Waals surface area (Å²) < 4.78 is 5.99. The average Bonchev–Trinajstić information content (AvgIpc) is 2.77. The van der Waals surface area contributed by atoms with E-state index < -0.39 is 0 Å². The van der Waals surface area contributed by atoms with Crippen LogP contribution in [-0.2, 0) is 0 Å². The third-order valence-electron chi connectivity index (χ3n) is 5.05. The summed E-state index contributed by atoms with van der Waals surface area (Å²) in [5, 5.41) is 7.22. The van der Waals surface area contributed by atoms with Crippen LogP contribution in [0.5, 0.6) is 11.5 Å². The van der Waals surface area contributed by atoms with Crippen molar-refractivity contribution in [3.05, 3.63) is 72.7 Å². The summed E-state index contributed by atoms with van der Waals surface area (Å²) in [5.41, 5.74) is 2.10. The largest absolute Gasteiger partial charge is 0.457 e. The van der Waals surface area contributed by atoms with Gasteiger partial charge in [0.2, 0.25) is 0 Å². The molecule has 4 rings (SSSR count). The molecule has 2 N–H and O–H groups in total. The number of anilines is 2. The zero-order valence-electron chi connectivity index (χ0n) is 16.9. The van der Waals surface area contributed by atoms with Crippen LogP contribution in [0.15, 0.2) is 67.1 Å². The summed E-state index contributed by atoms with van der Waals surface area (Å²) in [5.74, 6) is 2.57. The zero-order chi connectivity index (χ0) is 20.8. The van der Waals surface area contributed by atoms with Crippen molar-refractivity contribution in [1.82, 2.24) is 15.3 Å². The quantitative estimate of drug-likeness (QED) is 0.589. The van der Waals surface area contributed by atoms with Crippen LogP contribution in [0.4, 0.5) is 11.5 Å². The SMILES string of the molecule is Cc1ccc(Oc2ccnc(N3CCC(NC(=S)Nc4cccnc4)CC3)c2)cc1. The van der Waals surface area contributed by atoms with Gasteiger partial charge < -0.3 is 20.3 Å². The molecule has 0 bridgehead atoms. The second-order valence-corrected chi connectivity index (χ2v) is 7.77. The van der Waals surface area contributed by atoms with Crippen molar-refractivity contribution in [2.45, 2.75) is 25.8 Å². The molecule has 0 atom stereocenters. The summed E-state index contributed by atoms with van der Waals surface area (Å²) in [6.07, 6.45) is 7.27. The van der Waals surface area contributed by atoms with Crippen molar-refractivity contribution >= 4 is 28.8 Å². The first-order valence-corrected chi connectivity index (χ1v) is 10.5. The number of ether oxygens (including phenoxy) is 1. The van der Waals surface area contributed by atoms with E-state index in [1.807, 2.05) is 48.5 Å². The summed E-state index contributed by atoms with van der Waals surface area (Å²) in [4.78, 5) is 10.9. The van der Waals surface area contributed by atoms with E-state index in [1.165, 1.54) is 5.56 Å². The van der Waals surface area contributed by atoms with Crippen molar-refractivity contribution in [2.24, 2.45) is 0 Å². The van der Waals surface area contributed by atoms with E-state index in [0.29, 0.717) is 11.2 Å². The van der Waals surface area contributed by atoms with Gasteiger partial charge in [0.1, 0.15) is 17.3 Å². The molecule has 2 aromatic heterocycles. The van der Waals surface area contributed by atoms with Gasteiger partial charge in [-0.3, -0.25) is 4.98 Å². The lowest BCUT2D eigenvalue weighted by molar-refractivity contribution is 0.462. The number of nitrogens with one attached hydrogen (secondary N) is 2. The number of hydrogen-bond acceptors (Lipinski definition) is 5. The third-order valence-corrected chi connectivity index (χ3v) is 5.27. The minimum Gasteiger partial charge on any atom is -0.457 e. The molecular weight excluding hydrogens is 394 g/mol. The van der Waals surface area contributed by atoms with Gasteiger partial charge in [-0.1, -0.05) is 17.7 Å². The number of thiocarbonyl (C=S) groups is 1. The lowest BCUT2D eigenvalue weighted by atomic mass is 10.1. The van der Waals surface area contributed by atoms with E-state index in [1.54, 1.807) is 18.6 Å². The van der Waals surface area contributed by atoms with Crippen molar-refractivity contribution < 1.29 is 4.74 Å². The minimum absolute atomic E-state index is 0.338. The molecule has 6 nitrogen and oxygen atoms in total. The number of piperidine rings is 1. The second kappa shape index (κ2) is 9.54. The van der Waals surface area contributed by atoms with Crippen LogP contribution in [0.25, 0.3) is 0 Å². The van der Waals surface area contributed by atoms with Crippen LogP contribution in [0.3, 0.4) is 0 Å². The topological polar surface area (TPSA) is 62.3 Å². The molecule has 0 saturated carbocycles. The molecule has 3 aromatic rings. The fourth-order valence-electron chi connectivity index (χ4n) is 3.42. The van der Waals surface area contributed by atoms with Gasteiger partial charge in [-0.25, -0.2) is 4.98 Å². The first-order chi connectivity index (χ1) is 14.7. The standard InChI is InChI=1S/C23H25N5OS/c1-17-4-6-20(7-5-17)29-21-8-12-25-22(15-21)28-13-9-18(10-14-28)26-23(30)27-19-3-2-11-24-16-19/h2-8,11-12,15-16,18H,9-10,13-14H2,1H3,(H2,26,27,30). The molecular formula is C23H25N5OS. The molecule has 3 heterocycles. The van der Waals surface area contributed by atoms with Crippen molar-refractivity contribution in [2.75, 3.05) is 23.3 Å². The molecule has 0 unspecified atom stereocenters. The van der Waals surface area contributed by atoms with Gasteiger partial charge in [-0.2, -0.15) is 0 Å². The normalized spacial score (nSPS) is 14.2.